The van der Waals surface area contributed by atoms with Gasteiger partial charge in [-0.3, -0.25) is 0 Å². The maximum absolute atomic E-state index is 13.6. The molecule has 0 radical (unpaired) electrons. The van der Waals surface area contributed by atoms with Crippen LogP contribution in [-0.2, 0) is 19.1 Å². The molecule has 3 heterocycles. The van der Waals surface area contributed by atoms with E-state index in [1.807, 2.05) is 11.8 Å². The van der Waals surface area contributed by atoms with Gasteiger partial charge in [-0.1, -0.05) is 0 Å². The van der Waals surface area contributed by atoms with E-state index in [1.165, 1.54) is 6.07 Å². The normalized spacial score (nSPS) is 16.7. The van der Waals surface area contributed by atoms with Gasteiger partial charge in [-0.25, -0.2) is 9.97 Å². The number of alkyl halides is 3. The molecule has 10 heteroatoms. The summed E-state index contributed by atoms with van der Waals surface area (Å²) >= 11 is 0. The van der Waals surface area contributed by atoms with E-state index in [0.717, 1.165) is 43.1 Å². The molecule has 0 bridgehead atoms. The number of nitrogens with one attached hydrogen (secondary N) is 1. The summed E-state index contributed by atoms with van der Waals surface area (Å²) in [5, 5.41) is 3.29. The predicted octanol–water partition coefficient (Wildman–Crippen LogP) is 3.29. The summed E-state index contributed by atoms with van der Waals surface area (Å²) in [5.41, 5.74) is 2.32. The molecule has 4 rings (SSSR count). The van der Waals surface area contributed by atoms with E-state index in [4.69, 9.17) is 4.74 Å². The van der Waals surface area contributed by atoms with Crippen molar-refractivity contribution in [3.8, 4) is 6.01 Å². The van der Waals surface area contributed by atoms with Crippen molar-refractivity contribution in [1.29, 1.82) is 0 Å². The first kappa shape index (κ1) is 22.4. The van der Waals surface area contributed by atoms with Crippen LogP contribution in [0.2, 0.25) is 0 Å². The van der Waals surface area contributed by atoms with Gasteiger partial charge in [0, 0.05) is 45.0 Å². The average molecular weight is 444 g/mol. The van der Waals surface area contributed by atoms with E-state index in [0.29, 0.717) is 37.7 Å². The minimum absolute atomic E-state index is 0. The predicted molar refractivity (Wildman–Crippen MR) is 112 cm³/mol. The van der Waals surface area contributed by atoms with E-state index in [2.05, 4.69) is 20.2 Å². The summed E-state index contributed by atoms with van der Waals surface area (Å²) in [6, 6.07) is 3.17. The van der Waals surface area contributed by atoms with Gasteiger partial charge in [0.15, 0.2) is 0 Å². The topological polar surface area (TPSA) is 53.5 Å². The highest BCUT2D eigenvalue weighted by atomic mass is 35.5. The average Bonchev–Trinajstić information content (AvgIpc) is 2.73. The molecule has 0 amide bonds. The number of aromatic nitrogens is 2. The zero-order chi connectivity index (χ0) is 20.4. The van der Waals surface area contributed by atoms with Crippen molar-refractivity contribution in [3.05, 3.63) is 41.2 Å². The number of hydrogen-bond acceptors (Lipinski definition) is 6. The van der Waals surface area contributed by atoms with Crippen LogP contribution in [0.5, 0.6) is 6.01 Å². The molecule has 0 unspecified atom stereocenters. The maximum Gasteiger partial charge on any atom is 0.416 e. The zero-order valence-corrected chi connectivity index (χ0v) is 17.5. The molecule has 1 aromatic carbocycles. The molecule has 0 saturated carbocycles. The lowest BCUT2D eigenvalue weighted by Gasteiger charge is -2.37. The molecule has 0 spiro atoms. The molecule has 6 nitrogen and oxygen atoms in total. The molecule has 1 aromatic heterocycles. The van der Waals surface area contributed by atoms with E-state index in [9.17, 15) is 13.2 Å². The number of ether oxygens (including phenoxy) is 1. The molecular weight excluding hydrogens is 419 g/mol. The third kappa shape index (κ3) is 4.57. The van der Waals surface area contributed by atoms with Gasteiger partial charge in [0.1, 0.15) is 0 Å². The van der Waals surface area contributed by atoms with Gasteiger partial charge in [-0.15, -0.1) is 12.4 Å². The third-order valence-corrected chi connectivity index (χ3v) is 5.40. The summed E-state index contributed by atoms with van der Waals surface area (Å²) in [4.78, 5) is 12.6. The summed E-state index contributed by atoms with van der Waals surface area (Å²) in [6.07, 6.45) is -0.685. The second-order valence-electron chi connectivity index (χ2n) is 7.15. The minimum atomic E-state index is -4.35. The van der Waals surface area contributed by atoms with Crippen LogP contribution in [0.15, 0.2) is 24.5 Å². The molecule has 1 saturated heterocycles. The van der Waals surface area contributed by atoms with Crippen LogP contribution in [0, 0.1) is 0 Å². The lowest BCUT2D eigenvalue weighted by Crippen LogP contribution is -2.44. The Hall–Kier alpha value is -2.26. The molecule has 2 aliphatic heterocycles. The lowest BCUT2D eigenvalue weighted by atomic mass is 9.91. The smallest absolute Gasteiger partial charge is 0.416 e. The number of anilines is 2. The Morgan fingerprint density at radius 2 is 1.73 bits per heavy atom. The second-order valence-corrected chi connectivity index (χ2v) is 7.15. The number of rotatable bonds is 4. The highest BCUT2D eigenvalue weighted by Gasteiger charge is 2.37. The third-order valence-electron chi connectivity index (χ3n) is 5.40. The van der Waals surface area contributed by atoms with Gasteiger partial charge < -0.3 is 19.9 Å². The fourth-order valence-corrected chi connectivity index (χ4v) is 4.02. The van der Waals surface area contributed by atoms with Crippen molar-refractivity contribution in [2.75, 3.05) is 49.1 Å². The Bertz CT molecular complexity index is 857. The van der Waals surface area contributed by atoms with E-state index < -0.39 is 11.7 Å². The Kier molecular flexibility index (Phi) is 6.92. The molecule has 2 aromatic rings. The Labute approximate surface area is 179 Å². The monoisotopic (exact) mass is 443 g/mol. The van der Waals surface area contributed by atoms with Gasteiger partial charge in [-0.05, 0) is 36.6 Å². The Morgan fingerprint density at radius 3 is 2.37 bits per heavy atom. The highest BCUT2D eigenvalue weighted by Crippen LogP contribution is 2.40. The van der Waals surface area contributed by atoms with Crippen molar-refractivity contribution in [2.45, 2.75) is 26.1 Å². The van der Waals surface area contributed by atoms with Crippen LogP contribution in [0.25, 0.3) is 0 Å². The van der Waals surface area contributed by atoms with Crippen LogP contribution in [-0.4, -0.2) is 49.3 Å². The molecule has 1 N–H and O–H groups in total. The van der Waals surface area contributed by atoms with Gasteiger partial charge in [0.05, 0.1) is 30.3 Å². The quantitative estimate of drug-likeness (QED) is 0.782. The standard InChI is InChI=1S/C20H24F3N5O.ClH/c1-2-29-19-25-11-14(12-26-19)28-8-5-15-16(13-28)18(27-9-6-24-7-10-27)4-3-17(15)20(21,22)23;/h3-4,11-12,24H,2,5-10,13H2,1H3;1H. The number of hydrogen-bond donors (Lipinski definition) is 1. The van der Waals surface area contributed by atoms with Crippen molar-refractivity contribution >= 4 is 23.8 Å². The SMILES string of the molecule is CCOc1ncc(N2CCc3c(C(F)(F)F)ccc(N4CCNCC4)c3C2)cn1.Cl. The van der Waals surface area contributed by atoms with Crippen LogP contribution >= 0.6 is 12.4 Å². The van der Waals surface area contributed by atoms with E-state index >= 15 is 0 Å². The van der Waals surface area contributed by atoms with Crippen LogP contribution < -0.4 is 19.9 Å². The highest BCUT2D eigenvalue weighted by molar-refractivity contribution is 5.85. The molecule has 0 aliphatic carbocycles. The van der Waals surface area contributed by atoms with Crippen molar-refractivity contribution < 1.29 is 17.9 Å². The van der Waals surface area contributed by atoms with Gasteiger partial charge in [0.25, 0.3) is 0 Å². The van der Waals surface area contributed by atoms with E-state index in [-0.39, 0.29) is 12.4 Å². The molecular formula is C20H25ClF3N5O. The van der Waals surface area contributed by atoms with Crippen molar-refractivity contribution in [3.63, 3.8) is 0 Å². The van der Waals surface area contributed by atoms with Gasteiger partial charge in [-0.2, -0.15) is 13.2 Å². The number of fused-ring (bicyclic) bond motifs is 1. The van der Waals surface area contributed by atoms with Crippen LogP contribution in [0.4, 0.5) is 24.5 Å². The van der Waals surface area contributed by atoms with E-state index in [1.54, 1.807) is 18.5 Å². The number of piperazine rings is 1. The molecule has 1 fully saturated rings. The fourth-order valence-electron chi connectivity index (χ4n) is 4.02. The fraction of sp³-hybridized carbons (Fsp3) is 0.500. The summed E-state index contributed by atoms with van der Waals surface area (Å²) in [7, 11) is 0. The largest absolute Gasteiger partial charge is 0.464 e. The van der Waals surface area contributed by atoms with Crippen LogP contribution in [0.1, 0.15) is 23.6 Å². The molecule has 30 heavy (non-hydrogen) atoms. The second kappa shape index (κ2) is 9.26. The summed E-state index contributed by atoms with van der Waals surface area (Å²) in [6.45, 7) is 6.43. The van der Waals surface area contributed by atoms with Gasteiger partial charge >= 0.3 is 12.2 Å². The minimum Gasteiger partial charge on any atom is -0.464 e. The lowest BCUT2D eigenvalue weighted by molar-refractivity contribution is -0.138. The summed E-state index contributed by atoms with van der Waals surface area (Å²) < 4.78 is 46.1. The number of nitrogens with zero attached hydrogens (tertiary/aromatic N) is 4. The number of halogens is 4. The van der Waals surface area contributed by atoms with Crippen molar-refractivity contribution in [1.82, 2.24) is 15.3 Å². The molecule has 0 atom stereocenters. The zero-order valence-electron chi connectivity index (χ0n) is 16.7. The molecule has 164 valence electrons. The Morgan fingerprint density at radius 1 is 1.03 bits per heavy atom. The summed E-state index contributed by atoms with van der Waals surface area (Å²) in [5.74, 6) is 0. The first-order valence-corrected chi connectivity index (χ1v) is 9.84. The number of benzene rings is 1. The molecule has 2 aliphatic rings. The maximum atomic E-state index is 13.6. The first-order chi connectivity index (χ1) is 14.0. The van der Waals surface area contributed by atoms with Crippen LogP contribution in [0.3, 0.4) is 0 Å². The van der Waals surface area contributed by atoms with Crippen molar-refractivity contribution in [2.24, 2.45) is 0 Å². The van der Waals surface area contributed by atoms with Gasteiger partial charge in [0.2, 0.25) is 0 Å². The Balaban J connectivity index is 0.00000256. The first-order valence-electron chi connectivity index (χ1n) is 9.84.